The van der Waals surface area contributed by atoms with E-state index < -0.39 is 5.54 Å². The number of likely N-dealkylation sites (N-methyl/N-ethyl adjacent to an activating group) is 1. The second kappa shape index (κ2) is 7.22. The molecule has 1 N–H and O–H groups in total. The maximum Gasteiger partial charge on any atom is 0.242 e. The Morgan fingerprint density at radius 3 is 2.26 bits per heavy atom. The summed E-state index contributed by atoms with van der Waals surface area (Å²) < 4.78 is 0. The molecule has 0 atom stereocenters. The second-order valence-electron chi connectivity index (χ2n) is 6.18. The first kappa shape index (κ1) is 16.4. The zero-order valence-corrected chi connectivity index (χ0v) is 13.2. The Morgan fingerprint density at radius 1 is 1.16 bits per heavy atom. The Hall–Kier alpha value is -0.650. The fourth-order valence-corrected chi connectivity index (χ4v) is 2.55. The third kappa shape index (κ3) is 4.75. The second-order valence-corrected chi connectivity index (χ2v) is 6.18. The van der Waals surface area contributed by atoms with Crippen molar-refractivity contribution in [3.8, 4) is 0 Å². The molecule has 1 aliphatic heterocycles. The van der Waals surface area contributed by atoms with E-state index in [9.17, 15) is 4.79 Å². The number of hydrogen-bond acceptors (Lipinski definition) is 4. The van der Waals surface area contributed by atoms with Crippen LogP contribution >= 0.6 is 0 Å². The number of rotatable bonds is 6. The summed E-state index contributed by atoms with van der Waals surface area (Å²) in [6.45, 7) is 9.78. The highest BCUT2D eigenvalue weighted by atomic mass is 16.2. The lowest BCUT2D eigenvalue weighted by Gasteiger charge is -2.41. The number of carbonyl (C=O) groups is 1. The lowest BCUT2D eigenvalue weighted by Crippen LogP contribution is -2.60. The predicted molar refractivity (Wildman–Crippen MR) is 79.3 cm³/mol. The van der Waals surface area contributed by atoms with Crippen molar-refractivity contribution in [1.82, 2.24) is 20.0 Å². The van der Waals surface area contributed by atoms with Crippen LogP contribution < -0.4 is 5.32 Å². The first-order valence-corrected chi connectivity index (χ1v) is 7.21. The van der Waals surface area contributed by atoms with Crippen LogP contribution in [0.3, 0.4) is 0 Å². The topological polar surface area (TPSA) is 38.8 Å². The van der Waals surface area contributed by atoms with Crippen LogP contribution in [0.1, 0.15) is 20.3 Å². The van der Waals surface area contributed by atoms with Gasteiger partial charge in [-0.25, -0.2) is 0 Å². The van der Waals surface area contributed by atoms with Gasteiger partial charge in [0.05, 0.1) is 5.54 Å². The van der Waals surface area contributed by atoms with E-state index >= 15 is 0 Å². The highest BCUT2D eigenvalue weighted by Gasteiger charge is 2.36. The standard InChI is InChI=1S/C14H30N4O/c1-14(2,18-11-7-15-8-12-18)13(19)17(5)10-6-9-16(3)4/h15H,6-12H2,1-5H3. The SMILES string of the molecule is CN(C)CCCN(C)C(=O)C(C)(C)N1CCNCC1. The monoisotopic (exact) mass is 270 g/mol. The number of amides is 1. The van der Waals surface area contributed by atoms with Gasteiger partial charge in [-0.15, -0.1) is 0 Å². The van der Waals surface area contributed by atoms with E-state index in [-0.39, 0.29) is 5.91 Å². The van der Waals surface area contributed by atoms with Crippen molar-refractivity contribution < 1.29 is 4.79 Å². The molecular formula is C14H30N4O. The minimum atomic E-state index is -0.394. The Morgan fingerprint density at radius 2 is 1.74 bits per heavy atom. The van der Waals surface area contributed by atoms with Crippen LogP contribution in [0.5, 0.6) is 0 Å². The van der Waals surface area contributed by atoms with E-state index in [1.54, 1.807) is 0 Å². The van der Waals surface area contributed by atoms with Crippen LogP contribution in [0, 0.1) is 0 Å². The summed E-state index contributed by atoms with van der Waals surface area (Å²) in [4.78, 5) is 18.9. The number of hydrogen-bond donors (Lipinski definition) is 1. The van der Waals surface area contributed by atoms with E-state index in [1.807, 2.05) is 25.8 Å². The third-order valence-corrected chi connectivity index (χ3v) is 3.88. The molecule has 0 spiro atoms. The molecule has 0 radical (unpaired) electrons. The van der Waals surface area contributed by atoms with Crippen molar-refractivity contribution in [3.05, 3.63) is 0 Å². The lowest BCUT2D eigenvalue weighted by molar-refractivity contribution is -0.141. The van der Waals surface area contributed by atoms with Crippen LogP contribution in [-0.2, 0) is 4.79 Å². The summed E-state index contributed by atoms with van der Waals surface area (Å²) >= 11 is 0. The minimum Gasteiger partial charge on any atom is -0.344 e. The molecule has 1 amide bonds. The predicted octanol–water partition coefficient (Wildman–Crippen LogP) is 0.0803. The lowest BCUT2D eigenvalue weighted by atomic mass is 9.99. The van der Waals surface area contributed by atoms with E-state index in [1.165, 1.54) is 0 Å². The van der Waals surface area contributed by atoms with Gasteiger partial charge in [0.25, 0.3) is 0 Å². The van der Waals surface area contributed by atoms with E-state index in [0.29, 0.717) is 0 Å². The van der Waals surface area contributed by atoms with Gasteiger partial charge in [-0.05, 0) is 40.9 Å². The minimum absolute atomic E-state index is 0.230. The van der Waals surface area contributed by atoms with Gasteiger partial charge in [-0.1, -0.05) is 0 Å². The Balaban J connectivity index is 2.48. The quantitative estimate of drug-likeness (QED) is 0.742. The number of nitrogens with zero attached hydrogens (tertiary/aromatic N) is 3. The van der Waals surface area contributed by atoms with E-state index in [2.05, 4.69) is 29.2 Å². The summed E-state index contributed by atoms with van der Waals surface area (Å²) in [7, 11) is 6.04. The largest absolute Gasteiger partial charge is 0.344 e. The molecule has 1 heterocycles. The Bertz CT molecular complexity index is 285. The van der Waals surface area contributed by atoms with Crippen LogP contribution in [0.2, 0.25) is 0 Å². The molecule has 19 heavy (non-hydrogen) atoms. The first-order chi connectivity index (χ1) is 8.85. The van der Waals surface area contributed by atoms with E-state index in [0.717, 1.165) is 45.7 Å². The highest BCUT2D eigenvalue weighted by molar-refractivity contribution is 5.85. The molecule has 1 fully saturated rings. The number of carbonyl (C=O) groups excluding carboxylic acids is 1. The molecule has 1 saturated heterocycles. The zero-order chi connectivity index (χ0) is 14.5. The van der Waals surface area contributed by atoms with Gasteiger partial charge in [-0.3, -0.25) is 9.69 Å². The molecule has 0 aromatic heterocycles. The molecule has 0 aromatic rings. The van der Waals surface area contributed by atoms with Gasteiger partial charge < -0.3 is 15.1 Å². The molecule has 0 unspecified atom stereocenters. The van der Waals surface area contributed by atoms with Crippen molar-refractivity contribution in [2.45, 2.75) is 25.8 Å². The van der Waals surface area contributed by atoms with Crippen molar-refractivity contribution in [1.29, 1.82) is 0 Å². The summed E-state index contributed by atoms with van der Waals surface area (Å²) in [5.41, 5.74) is -0.394. The van der Waals surface area contributed by atoms with Gasteiger partial charge in [0.1, 0.15) is 0 Å². The van der Waals surface area contributed by atoms with Crippen molar-refractivity contribution in [2.75, 3.05) is 60.4 Å². The van der Waals surface area contributed by atoms with Crippen LogP contribution in [0.4, 0.5) is 0 Å². The molecule has 1 aliphatic rings. The maximum absolute atomic E-state index is 12.6. The smallest absolute Gasteiger partial charge is 0.242 e. The summed E-state index contributed by atoms with van der Waals surface area (Å²) in [5.74, 6) is 0.230. The molecule has 5 nitrogen and oxygen atoms in total. The zero-order valence-electron chi connectivity index (χ0n) is 13.2. The average molecular weight is 270 g/mol. The highest BCUT2D eigenvalue weighted by Crippen LogP contribution is 2.18. The van der Waals surface area contributed by atoms with Crippen LogP contribution in [0.25, 0.3) is 0 Å². The van der Waals surface area contributed by atoms with Gasteiger partial charge >= 0.3 is 0 Å². The fourth-order valence-electron chi connectivity index (χ4n) is 2.55. The van der Waals surface area contributed by atoms with Crippen molar-refractivity contribution >= 4 is 5.91 Å². The maximum atomic E-state index is 12.6. The molecule has 0 saturated carbocycles. The molecule has 0 bridgehead atoms. The number of piperazine rings is 1. The average Bonchev–Trinajstić information content (AvgIpc) is 2.38. The molecule has 0 aromatic carbocycles. The fraction of sp³-hybridized carbons (Fsp3) is 0.929. The van der Waals surface area contributed by atoms with Crippen molar-refractivity contribution in [3.63, 3.8) is 0 Å². The summed E-state index contributed by atoms with van der Waals surface area (Å²) in [6, 6.07) is 0. The normalized spacial score (nSPS) is 17.8. The van der Waals surface area contributed by atoms with Crippen LogP contribution in [0.15, 0.2) is 0 Å². The summed E-state index contributed by atoms with van der Waals surface area (Å²) in [5, 5.41) is 3.33. The van der Waals surface area contributed by atoms with Gasteiger partial charge in [-0.2, -0.15) is 0 Å². The van der Waals surface area contributed by atoms with Gasteiger partial charge in [0.15, 0.2) is 0 Å². The number of nitrogens with one attached hydrogen (secondary N) is 1. The van der Waals surface area contributed by atoms with E-state index in [4.69, 9.17) is 0 Å². The first-order valence-electron chi connectivity index (χ1n) is 7.21. The van der Waals surface area contributed by atoms with Crippen LogP contribution in [-0.4, -0.2) is 86.6 Å². The molecule has 5 heteroatoms. The van der Waals surface area contributed by atoms with Crippen molar-refractivity contribution in [2.24, 2.45) is 0 Å². The Labute approximate surface area is 117 Å². The summed E-state index contributed by atoms with van der Waals surface area (Å²) in [6.07, 6.45) is 1.02. The molecule has 1 rings (SSSR count). The Kier molecular flexibility index (Phi) is 6.23. The molecular weight excluding hydrogens is 240 g/mol. The van der Waals surface area contributed by atoms with Gasteiger partial charge in [0.2, 0.25) is 5.91 Å². The van der Waals surface area contributed by atoms with Gasteiger partial charge in [0, 0.05) is 39.8 Å². The molecule has 0 aliphatic carbocycles. The third-order valence-electron chi connectivity index (χ3n) is 3.88. The molecule has 112 valence electrons.